The zero-order chi connectivity index (χ0) is 27.0. The number of fused-ring (bicyclic) bond motifs is 1. The minimum atomic E-state index is -4.76. The molecule has 196 valence electrons. The average Bonchev–Trinajstić information content (AvgIpc) is 3.48. The SMILES string of the molecule is CN(C)CCn1c(=O)n(Cc2ccc(-c3nnc(C(F)(F)F)o3)cn2)c2cc(F)c(-c3ccncc3)cc21. The van der Waals surface area contributed by atoms with Crippen molar-refractivity contribution in [3.05, 3.63) is 82.9 Å². The summed E-state index contributed by atoms with van der Waals surface area (Å²) < 4.78 is 61.2. The third-order valence-corrected chi connectivity index (χ3v) is 5.93. The molecule has 38 heavy (non-hydrogen) atoms. The molecular weight excluding hydrogens is 506 g/mol. The normalized spacial score (nSPS) is 12.1. The molecule has 4 heterocycles. The van der Waals surface area contributed by atoms with Gasteiger partial charge in [0, 0.05) is 43.3 Å². The van der Waals surface area contributed by atoms with Crippen LogP contribution in [0.15, 0.2) is 64.2 Å². The van der Waals surface area contributed by atoms with Crippen LogP contribution in [0.1, 0.15) is 11.6 Å². The van der Waals surface area contributed by atoms with E-state index in [1.807, 2.05) is 19.0 Å². The molecule has 0 bridgehead atoms. The lowest BCUT2D eigenvalue weighted by Crippen LogP contribution is -2.28. The van der Waals surface area contributed by atoms with E-state index in [1.165, 1.54) is 29.0 Å². The molecule has 13 heteroatoms. The highest BCUT2D eigenvalue weighted by molar-refractivity contribution is 5.83. The Morgan fingerprint density at radius 1 is 0.974 bits per heavy atom. The first-order valence-corrected chi connectivity index (χ1v) is 11.5. The van der Waals surface area contributed by atoms with Crippen molar-refractivity contribution in [3.8, 4) is 22.6 Å². The number of aromatic nitrogens is 6. The topological polar surface area (TPSA) is 94.9 Å². The number of pyridine rings is 2. The molecule has 0 N–H and O–H groups in total. The average molecular weight is 527 g/mol. The highest BCUT2D eigenvalue weighted by atomic mass is 19.4. The molecule has 0 saturated carbocycles. The lowest BCUT2D eigenvalue weighted by Gasteiger charge is -2.10. The Kier molecular flexibility index (Phi) is 6.53. The lowest BCUT2D eigenvalue weighted by molar-refractivity contribution is -0.156. The summed E-state index contributed by atoms with van der Waals surface area (Å²) in [5, 5.41) is 6.43. The maximum absolute atomic E-state index is 15.2. The molecular formula is C25H21F4N7O2. The van der Waals surface area contributed by atoms with Crippen molar-refractivity contribution >= 4 is 11.0 Å². The number of halogens is 4. The second-order valence-corrected chi connectivity index (χ2v) is 8.83. The van der Waals surface area contributed by atoms with Crippen molar-refractivity contribution in [2.45, 2.75) is 19.3 Å². The molecule has 0 fully saturated rings. The second-order valence-electron chi connectivity index (χ2n) is 8.83. The molecule has 0 amide bonds. The van der Waals surface area contributed by atoms with E-state index in [0.29, 0.717) is 40.9 Å². The number of alkyl halides is 3. The van der Waals surface area contributed by atoms with Crippen molar-refractivity contribution in [1.29, 1.82) is 0 Å². The van der Waals surface area contributed by atoms with Gasteiger partial charge < -0.3 is 9.32 Å². The van der Waals surface area contributed by atoms with Gasteiger partial charge in [-0.15, -0.1) is 10.2 Å². The van der Waals surface area contributed by atoms with Crippen LogP contribution in [0, 0.1) is 5.82 Å². The van der Waals surface area contributed by atoms with E-state index in [2.05, 4.69) is 24.6 Å². The first kappa shape index (κ1) is 25.3. The van der Waals surface area contributed by atoms with Gasteiger partial charge >= 0.3 is 17.8 Å². The molecule has 0 spiro atoms. The van der Waals surface area contributed by atoms with Gasteiger partial charge in [0.25, 0.3) is 0 Å². The standard InChI is InChI=1S/C25H21F4N7O2/c1-34(2)9-10-35-20-11-18(15-5-7-30-8-6-15)19(26)12-21(20)36(24(35)37)14-17-4-3-16(13-31-17)22-32-33-23(38-22)25(27,28)29/h3-8,11-13H,9-10,14H2,1-2H3. The highest BCUT2D eigenvalue weighted by Crippen LogP contribution is 2.30. The fourth-order valence-electron chi connectivity index (χ4n) is 4.02. The van der Waals surface area contributed by atoms with Gasteiger partial charge in [0.2, 0.25) is 5.89 Å². The van der Waals surface area contributed by atoms with E-state index < -0.39 is 17.9 Å². The maximum Gasteiger partial charge on any atom is 0.470 e. The number of likely N-dealkylation sites (N-methyl/N-ethyl adjacent to an activating group) is 1. The predicted molar refractivity (Wildman–Crippen MR) is 130 cm³/mol. The Morgan fingerprint density at radius 2 is 1.71 bits per heavy atom. The van der Waals surface area contributed by atoms with Crippen molar-refractivity contribution in [1.82, 2.24) is 34.2 Å². The Hall–Kier alpha value is -4.39. The maximum atomic E-state index is 15.2. The van der Waals surface area contributed by atoms with Crippen molar-refractivity contribution in [2.75, 3.05) is 20.6 Å². The van der Waals surface area contributed by atoms with Gasteiger partial charge in [0.05, 0.1) is 28.8 Å². The van der Waals surface area contributed by atoms with Crippen LogP contribution in [0.25, 0.3) is 33.6 Å². The van der Waals surface area contributed by atoms with Crippen LogP contribution in [-0.4, -0.2) is 54.8 Å². The summed E-state index contributed by atoms with van der Waals surface area (Å²) in [6.45, 7) is 0.968. The van der Waals surface area contributed by atoms with Crippen molar-refractivity contribution < 1.29 is 22.0 Å². The van der Waals surface area contributed by atoms with Crippen LogP contribution < -0.4 is 5.69 Å². The van der Waals surface area contributed by atoms with Gasteiger partial charge in [-0.2, -0.15) is 13.2 Å². The van der Waals surface area contributed by atoms with Gasteiger partial charge in [-0.05, 0) is 50.0 Å². The monoisotopic (exact) mass is 527 g/mol. The predicted octanol–water partition coefficient (Wildman–Crippen LogP) is 4.08. The van der Waals surface area contributed by atoms with E-state index in [4.69, 9.17) is 0 Å². The number of rotatable bonds is 7. The van der Waals surface area contributed by atoms with E-state index in [9.17, 15) is 18.0 Å². The van der Waals surface area contributed by atoms with Crippen LogP contribution in [0.2, 0.25) is 0 Å². The van der Waals surface area contributed by atoms with Gasteiger partial charge in [-0.1, -0.05) is 0 Å². The zero-order valence-corrected chi connectivity index (χ0v) is 20.3. The van der Waals surface area contributed by atoms with Gasteiger partial charge in [0.1, 0.15) is 5.82 Å². The number of imidazole rings is 1. The fraction of sp³-hybridized carbons (Fsp3) is 0.240. The third kappa shape index (κ3) is 4.92. The van der Waals surface area contributed by atoms with Gasteiger partial charge in [-0.25, -0.2) is 9.18 Å². The number of hydrogen-bond donors (Lipinski definition) is 0. The van der Waals surface area contributed by atoms with Crippen LogP contribution in [0.3, 0.4) is 0 Å². The summed E-state index contributed by atoms with van der Waals surface area (Å²) in [6.07, 6.45) is -0.345. The molecule has 5 aromatic rings. The number of nitrogens with zero attached hydrogens (tertiary/aromatic N) is 7. The van der Waals surface area contributed by atoms with Gasteiger partial charge in [-0.3, -0.25) is 19.1 Å². The van der Waals surface area contributed by atoms with E-state index >= 15 is 4.39 Å². The van der Waals surface area contributed by atoms with Gasteiger partial charge in [0.15, 0.2) is 0 Å². The molecule has 0 unspecified atom stereocenters. The van der Waals surface area contributed by atoms with E-state index in [-0.39, 0.29) is 23.7 Å². The minimum absolute atomic E-state index is 0.0102. The summed E-state index contributed by atoms with van der Waals surface area (Å²) in [6, 6.07) is 9.35. The first-order chi connectivity index (χ1) is 18.1. The molecule has 0 aliphatic carbocycles. The molecule has 0 saturated heterocycles. The van der Waals surface area contributed by atoms with E-state index in [0.717, 1.165) is 0 Å². The second kappa shape index (κ2) is 9.82. The fourth-order valence-corrected chi connectivity index (χ4v) is 4.02. The third-order valence-electron chi connectivity index (χ3n) is 5.93. The minimum Gasteiger partial charge on any atom is -0.413 e. The molecule has 0 radical (unpaired) electrons. The van der Waals surface area contributed by atoms with Crippen molar-refractivity contribution in [3.63, 3.8) is 0 Å². The summed E-state index contributed by atoms with van der Waals surface area (Å²) >= 11 is 0. The molecule has 0 aliphatic rings. The Labute approximate surface area is 213 Å². The first-order valence-electron chi connectivity index (χ1n) is 11.5. The van der Waals surface area contributed by atoms with Crippen molar-refractivity contribution in [2.24, 2.45) is 0 Å². The summed E-state index contributed by atoms with van der Waals surface area (Å²) in [5.74, 6) is -2.29. The smallest absolute Gasteiger partial charge is 0.413 e. The van der Waals surface area contributed by atoms with E-state index in [1.54, 1.807) is 35.2 Å². The molecule has 0 atom stereocenters. The molecule has 1 aromatic carbocycles. The summed E-state index contributed by atoms with van der Waals surface area (Å²) in [7, 11) is 3.78. The Balaban J connectivity index is 1.52. The Morgan fingerprint density at radius 3 is 2.34 bits per heavy atom. The molecule has 5 rings (SSSR count). The largest absolute Gasteiger partial charge is 0.470 e. The van der Waals surface area contributed by atoms with Crippen LogP contribution in [0.4, 0.5) is 17.6 Å². The quantitative estimate of drug-likeness (QED) is 0.295. The summed E-state index contributed by atoms with van der Waals surface area (Å²) in [5.41, 5.74) is 2.20. The number of benzene rings is 1. The molecule has 4 aromatic heterocycles. The van der Waals surface area contributed by atoms with Crippen LogP contribution >= 0.6 is 0 Å². The molecule has 9 nitrogen and oxygen atoms in total. The Bertz CT molecular complexity index is 1640. The van der Waals surface area contributed by atoms with Crippen LogP contribution in [0.5, 0.6) is 0 Å². The van der Waals surface area contributed by atoms with Crippen LogP contribution in [-0.2, 0) is 19.3 Å². The summed E-state index contributed by atoms with van der Waals surface area (Å²) in [4.78, 5) is 23.6. The number of hydrogen-bond acceptors (Lipinski definition) is 7. The lowest BCUT2D eigenvalue weighted by atomic mass is 10.1. The molecule has 0 aliphatic heterocycles. The zero-order valence-electron chi connectivity index (χ0n) is 20.3. The highest BCUT2D eigenvalue weighted by Gasteiger charge is 2.38.